The lowest BCUT2D eigenvalue weighted by atomic mass is 10.1. The smallest absolute Gasteiger partial charge is 0.298 e. The Hall–Kier alpha value is -4.55. The molecule has 1 fully saturated rings. The second-order valence-electron chi connectivity index (χ2n) is 6.76. The van der Waals surface area contributed by atoms with Gasteiger partial charge in [-0.25, -0.2) is 0 Å². The van der Waals surface area contributed by atoms with Gasteiger partial charge in [0.2, 0.25) is 12.2 Å². The van der Waals surface area contributed by atoms with Crippen molar-refractivity contribution in [2.45, 2.75) is 23.9 Å². The number of Topliss-reactive ketones (excluding diaryl/α,β-unsaturated/α-hetero) is 1. The summed E-state index contributed by atoms with van der Waals surface area (Å²) in [7, 11) is -4.86. The van der Waals surface area contributed by atoms with Crippen molar-refractivity contribution in [3.8, 4) is 17.7 Å². The van der Waals surface area contributed by atoms with Crippen molar-refractivity contribution < 1.29 is 32.8 Å². The lowest BCUT2D eigenvalue weighted by Gasteiger charge is -2.17. The summed E-state index contributed by atoms with van der Waals surface area (Å²) >= 11 is 0. The number of carbonyl (C=O) groups is 2. The minimum atomic E-state index is -4.86. The summed E-state index contributed by atoms with van der Waals surface area (Å²) in [6, 6.07) is 6.16. The molecule has 0 aromatic heterocycles. The number of amidine groups is 1. The van der Waals surface area contributed by atoms with Gasteiger partial charge in [-0.1, -0.05) is 0 Å². The summed E-state index contributed by atoms with van der Waals surface area (Å²) < 4.78 is 32.8. The molecule has 0 bridgehead atoms. The van der Waals surface area contributed by atoms with Gasteiger partial charge in [-0.05, 0) is 42.0 Å². The predicted octanol–water partition coefficient (Wildman–Crippen LogP) is 2.05. The monoisotopic (exact) mass is 485 g/mol. The average molecular weight is 485 g/mol. The highest BCUT2D eigenvalue weighted by Gasteiger charge is 2.33. The number of nitriles is 1. The van der Waals surface area contributed by atoms with Gasteiger partial charge < -0.3 is 15.5 Å². The SMILES string of the molecule is N#CN=C1CC(=O)C(N=NCc2cc(N=Nc3ccc(O)cc3)c(O)c(S(=O)(=O)O)c2)C(=O)N1. The fraction of sp³-hybridized carbons (Fsp3) is 0.158. The highest BCUT2D eigenvalue weighted by Crippen LogP contribution is 2.36. The van der Waals surface area contributed by atoms with Gasteiger partial charge in [-0.2, -0.15) is 34.0 Å². The molecule has 1 aliphatic rings. The van der Waals surface area contributed by atoms with E-state index in [1.54, 1.807) is 0 Å². The molecule has 2 aromatic rings. The van der Waals surface area contributed by atoms with Crippen molar-refractivity contribution in [1.29, 1.82) is 5.26 Å². The molecule has 0 radical (unpaired) electrons. The Balaban J connectivity index is 1.87. The zero-order chi connectivity index (χ0) is 24.9. The van der Waals surface area contributed by atoms with E-state index in [1.165, 1.54) is 36.5 Å². The number of amides is 1. The number of azo groups is 2. The molecule has 15 heteroatoms. The van der Waals surface area contributed by atoms with Crippen molar-refractivity contribution in [3.05, 3.63) is 42.0 Å². The van der Waals surface area contributed by atoms with Gasteiger partial charge in [-0.3, -0.25) is 14.1 Å². The maximum atomic E-state index is 12.1. The van der Waals surface area contributed by atoms with Gasteiger partial charge in [0.15, 0.2) is 11.5 Å². The molecular weight excluding hydrogens is 470 g/mol. The molecule has 3 rings (SSSR count). The molecule has 34 heavy (non-hydrogen) atoms. The summed E-state index contributed by atoms with van der Waals surface area (Å²) in [5.74, 6) is -2.46. The van der Waals surface area contributed by atoms with Gasteiger partial charge in [-0.15, -0.1) is 5.11 Å². The summed E-state index contributed by atoms with van der Waals surface area (Å²) in [6.07, 6.45) is 1.14. The van der Waals surface area contributed by atoms with Crippen molar-refractivity contribution in [1.82, 2.24) is 5.32 Å². The van der Waals surface area contributed by atoms with Crippen molar-refractivity contribution in [3.63, 3.8) is 0 Å². The number of phenolic OH excluding ortho intramolecular Hbond substituents is 2. The summed E-state index contributed by atoms with van der Waals surface area (Å²) in [5.41, 5.74) is 0.0540. The molecule has 0 spiro atoms. The lowest BCUT2D eigenvalue weighted by Crippen LogP contribution is -2.48. The first-order chi connectivity index (χ1) is 16.1. The first-order valence-electron chi connectivity index (χ1n) is 9.28. The van der Waals surface area contributed by atoms with Crippen LogP contribution in [0.5, 0.6) is 11.5 Å². The van der Waals surface area contributed by atoms with Crippen LogP contribution in [0.4, 0.5) is 11.4 Å². The molecule has 1 saturated heterocycles. The third kappa shape index (κ3) is 5.82. The van der Waals surface area contributed by atoms with Crippen LogP contribution in [0.15, 0.2) is 66.7 Å². The number of hydrogen-bond donors (Lipinski definition) is 4. The number of carbonyl (C=O) groups excluding carboxylic acids is 2. The molecule has 1 aliphatic heterocycles. The number of nitrogens with one attached hydrogen (secondary N) is 1. The number of benzene rings is 2. The fourth-order valence-corrected chi connectivity index (χ4v) is 3.40. The highest BCUT2D eigenvalue weighted by molar-refractivity contribution is 7.86. The van der Waals surface area contributed by atoms with E-state index in [0.29, 0.717) is 0 Å². The molecule has 1 heterocycles. The molecule has 0 saturated carbocycles. The maximum Gasteiger partial charge on any atom is 0.298 e. The zero-order valence-corrected chi connectivity index (χ0v) is 17.8. The van der Waals surface area contributed by atoms with E-state index < -0.39 is 38.5 Å². The quantitative estimate of drug-likeness (QED) is 0.204. The lowest BCUT2D eigenvalue weighted by molar-refractivity contribution is -0.130. The molecular formula is C19H15N7O7S. The number of phenols is 2. The van der Waals surface area contributed by atoms with E-state index in [4.69, 9.17) is 5.26 Å². The Labute approximate surface area is 191 Å². The Morgan fingerprint density at radius 2 is 1.82 bits per heavy atom. The molecule has 2 aromatic carbocycles. The molecule has 4 N–H and O–H groups in total. The van der Waals surface area contributed by atoms with E-state index in [2.05, 4.69) is 30.8 Å². The standard InChI is InChI=1S/C19H15N7O7S/c20-9-21-16-7-14(28)17(19(30)23-16)26-22-8-10-5-13(18(29)15(6-10)34(31,32)33)25-24-11-1-3-12(27)4-2-11/h1-6,17,27,29H,7-8H2,(H,21,23,30)(H,31,32,33). The van der Waals surface area contributed by atoms with E-state index in [9.17, 15) is 32.8 Å². The van der Waals surface area contributed by atoms with E-state index in [0.717, 1.165) is 6.07 Å². The normalized spacial score (nSPS) is 17.9. The number of ketones is 1. The summed E-state index contributed by atoms with van der Waals surface area (Å²) in [4.78, 5) is 26.5. The average Bonchev–Trinajstić information content (AvgIpc) is 2.76. The second-order valence-corrected chi connectivity index (χ2v) is 8.15. The van der Waals surface area contributed by atoms with Gasteiger partial charge in [0.25, 0.3) is 16.0 Å². The number of nitrogens with zero attached hydrogens (tertiary/aromatic N) is 6. The fourth-order valence-electron chi connectivity index (χ4n) is 2.76. The molecule has 174 valence electrons. The van der Waals surface area contributed by atoms with Crippen molar-refractivity contribution >= 4 is 39.0 Å². The van der Waals surface area contributed by atoms with Crippen LogP contribution < -0.4 is 5.32 Å². The Kier molecular flexibility index (Phi) is 7.04. The molecule has 1 unspecified atom stereocenters. The largest absolute Gasteiger partial charge is 0.508 e. The molecule has 14 nitrogen and oxygen atoms in total. The van der Waals surface area contributed by atoms with Crippen LogP contribution in [0.25, 0.3) is 0 Å². The third-order valence-corrected chi connectivity index (χ3v) is 5.18. The van der Waals surface area contributed by atoms with Gasteiger partial charge in [0.05, 0.1) is 18.7 Å². The Morgan fingerprint density at radius 1 is 1.12 bits per heavy atom. The molecule has 0 aliphatic carbocycles. The zero-order valence-electron chi connectivity index (χ0n) is 17.0. The van der Waals surface area contributed by atoms with Crippen LogP contribution in [-0.2, 0) is 26.3 Å². The van der Waals surface area contributed by atoms with Gasteiger partial charge in [0, 0.05) is 0 Å². The number of hydrogen-bond acceptors (Lipinski definition) is 12. The van der Waals surface area contributed by atoms with Crippen molar-refractivity contribution in [2.75, 3.05) is 0 Å². The Morgan fingerprint density at radius 3 is 2.44 bits per heavy atom. The number of aliphatic imine (C=N–C) groups is 1. The first kappa shape index (κ1) is 24.1. The second kappa shape index (κ2) is 9.94. The predicted molar refractivity (Wildman–Crippen MR) is 113 cm³/mol. The minimum absolute atomic E-state index is 0.0125. The topological polar surface area (TPSA) is 227 Å². The van der Waals surface area contributed by atoms with E-state index in [1.807, 2.05) is 0 Å². The summed E-state index contributed by atoms with van der Waals surface area (Å²) in [6.45, 7) is -0.346. The summed E-state index contributed by atoms with van der Waals surface area (Å²) in [5, 5.41) is 45.3. The van der Waals surface area contributed by atoms with Crippen LogP contribution in [-0.4, -0.2) is 46.8 Å². The number of aromatic hydroxyl groups is 2. The van der Waals surface area contributed by atoms with Crippen LogP contribution in [0, 0.1) is 11.5 Å². The van der Waals surface area contributed by atoms with Crippen LogP contribution in [0.2, 0.25) is 0 Å². The van der Waals surface area contributed by atoms with E-state index >= 15 is 0 Å². The number of rotatable bonds is 6. The minimum Gasteiger partial charge on any atom is -0.508 e. The van der Waals surface area contributed by atoms with Gasteiger partial charge >= 0.3 is 0 Å². The third-order valence-electron chi connectivity index (χ3n) is 4.31. The van der Waals surface area contributed by atoms with Crippen LogP contribution in [0.1, 0.15) is 12.0 Å². The molecule has 1 amide bonds. The highest BCUT2D eigenvalue weighted by atomic mass is 32.2. The first-order valence-corrected chi connectivity index (χ1v) is 10.7. The maximum absolute atomic E-state index is 12.1. The van der Waals surface area contributed by atoms with Crippen molar-refractivity contribution in [2.24, 2.45) is 25.4 Å². The van der Waals surface area contributed by atoms with E-state index in [-0.39, 0.29) is 41.5 Å². The molecule has 1 atom stereocenters. The van der Waals surface area contributed by atoms with Crippen LogP contribution in [0.3, 0.4) is 0 Å². The Bertz CT molecular complexity index is 1360. The van der Waals surface area contributed by atoms with Gasteiger partial charge in [0.1, 0.15) is 22.2 Å². The number of piperidine rings is 1. The van der Waals surface area contributed by atoms with Crippen LogP contribution >= 0.6 is 0 Å².